The van der Waals surface area contributed by atoms with Crippen LogP contribution in [0.1, 0.15) is 26.6 Å². The molecule has 2 rings (SSSR count). The molecular formula is C13H12ClN3OS. The molecule has 0 saturated heterocycles. The van der Waals surface area contributed by atoms with Crippen LogP contribution in [0.2, 0.25) is 4.34 Å². The highest BCUT2D eigenvalue weighted by Crippen LogP contribution is 2.26. The van der Waals surface area contributed by atoms with Gasteiger partial charge in [-0.25, -0.2) is 0 Å². The van der Waals surface area contributed by atoms with Gasteiger partial charge in [-0.05, 0) is 18.9 Å². The zero-order valence-electron chi connectivity index (χ0n) is 10.7. The lowest BCUT2D eigenvalue weighted by atomic mass is 10.3. The van der Waals surface area contributed by atoms with Gasteiger partial charge in [-0.15, -0.1) is 11.3 Å². The van der Waals surface area contributed by atoms with E-state index in [1.807, 2.05) is 13.0 Å². The minimum atomic E-state index is -0.188. The Balaban J connectivity index is 2.30. The predicted molar refractivity (Wildman–Crippen MR) is 76.6 cm³/mol. The summed E-state index contributed by atoms with van der Waals surface area (Å²) in [5.74, 6) is 5.70. The maximum Gasteiger partial charge on any atom is 0.269 e. The van der Waals surface area contributed by atoms with Crippen LogP contribution in [-0.2, 0) is 7.05 Å². The largest absolute Gasteiger partial charge is 0.354 e. The molecule has 0 aliphatic heterocycles. The number of carbonyl (C=O) groups excluding carboxylic acids is 1. The van der Waals surface area contributed by atoms with Crippen LogP contribution in [0.5, 0.6) is 0 Å². The van der Waals surface area contributed by atoms with Gasteiger partial charge in [0, 0.05) is 25.0 Å². The van der Waals surface area contributed by atoms with Crippen LogP contribution in [0.25, 0.3) is 0 Å². The van der Waals surface area contributed by atoms with E-state index in [2.05, 4.69) is 22.3 Å². The summed E-state index contributed by atoms with van der Waals surface area (Å²) in [6, 6.07) is 3.58. The van der Waals surface area contributed by atoms with Crippen molar-refractivity contribution in [1.82, 2.24) is 15.1 Å². The van der Waals surface area contributed by atoms with Crippen LogP contribution in [0.4, 0.5) is 0 Å². The summed E-state index contributed by atoms with van der Waals surface area (Å²) in [4.78, 5) is 12.7. The second-order valence-electron chi connectivity index (χ2n) is 3.91. The quantitative estimate of drug-likeness (QED) is 0.820. The number of halogens is 1. The average molecular weight is 294 g/mol. The van der Waals surface area contributed by atoms with Gasteiger partial charge in [-0.3, -0.25) is 9.48 Å². The second kappa shape index (κ2) is 5.47. The van der Waals surface area contributed by atoms with Crippen molar-refractivity contribution < 1.29 is 4.79 Å². The Morgan fingerprint density at radius 3 is 2.79 bits per heavy atom. The number of hydrogen-bond donors (Lipinski definition) is 1. The van der Waals surface area contributed by atoms with Crippen molar-refractivity contribution in [3.05, 3.63) is 38.3 Å². The summed E-state index contributed by atoms with van der Waals surface area (Å²) in [6.07, 6.45) is 0. The van der Waals surface area contributed by atoms with Crippen molar-refractivity contribution in [2.75, 3.05) is 7.05 Å². The maximum atomic E-state index is 11.5. The number of aromatic nitrogens is 2. The number of rotatable bonds is 1. The smallest absolute Gasteiger partial charge is 0.269 e. The number of nitrogens with one attached hydrogen (secondary N) is 1. The molecule has 6 heteroatoms. The zero-order valence-corrected chi connectivity index (χ0v) is 12.3. The first-order valence-corrected chi connectivity index (χ1v) is 6.74. The van der Waals surface area contributed by atoms with Crippen LogP contribution in [-0.4, -0.2) is 22.7 Å². The molecule has 0 fully saturated rings. The van der Waals surface area contributed by atoms with Crippen LogP contribution in [0.15, 0.2) is 12.1 Å². The van der Waals surface area contributed by atoms with E-state index in [1.165, 1.54) is 16.0 Å². The Labute approximate surface area is 120 Å². The molecule has 0 bridgehead atoms. The van der Waals surface area contributed by atoms with Crippen molar-refractivity contribution in [1.29, 1.82) is 0 Å². The van der Waals surface area contributed by atoms with E-state index in [4.69, 9.17) is 11.6 Å². The first kappa shape index (κ1) is 13.7. The van der Waals surface area contributed by atoms with Crippen LogP contribution in [0, 0.1) is 18.8 Å². The first-order valence-electron chi connectivity index (χ1n) is 5.55. The van der Waals surface area contributed by atoms with Gasteiger partial charge in [0.1, 0.15) is 15.7 Å². The lowest BCUT2D eigenvalue weighted by Gasteiger charge is -1.97. The molecule has 2 aromatic rings. The van der Waals surface area contributed by atoms with Gasteiger partial charge in [0.25, 0.3) is 5.91 Å². The fourth-order valence-electron chi connectivity index (χ4n) is 1.57. The van der Waals surface area contributed by atoms with E-state index >= 15 is 0 Å². The van der Waals surface area contributed by atoms with Gasteiger partial charge in [0.15, 0.2) is 0 Å². The molecule has 98 valence electrons. The molecule has 2 heterocycles. The number of thiophene rings is 1. The van der Waals surface area contributed by atoms with Gasteiger partial charge in [-0.1, -0.05) is 17.5 Å². The molecule has 19 heavy (non-hydrogen) atoms. The van der Waals surface area contributed by atoms with Gasteiger partial charge >= 0.3 is 0 Å². The zero-order chi connectivity index (χ0) is 14.0. The van der Waals surface area contributed by atoms with Crippen LogP contribution in [0.3, 0.4) is 0 Å². The Bertz CT molecular complexity index is 691. The van der Waals surface area contributed by atoms with Gasteiger partial charge in [0.05, 0.1) is 5.56 Å². The highest BCUT2D eigenvalue weighted by atomic mass is 35.5. The number of hydrogen-bond acceptors (Lipinski definition) is 3. The van der Waals surface area contributed by atoms with Gasteiger partial charge in [-0.2, -0.15) is 5.10 Å². The molecule has 0 aliphatic rings. The lowest BCUT2D eigenvalue weighted by molar-refractivity contribution is 0.0954. The van der Waals surface area contributed by atoms with Gasteiger partial charge in [0.2, 0.25) is 0 Å². The fraction of sp³-hybridized carbons (Fsp3) is 0.231. The maximum absolute atomic E-state index is 11.5. The van der Waals surface area contributed by atoms with Crippen molar-refractivity contribution >= 4 is 28.8 Å². The second-order valence-corrected chi connectivity index (χ2v) is 5.77. The van der Waals surface area contributed by atoms with Crippen molar-refractivity contribution in [2.45, 2.75) is 6.92 Å². The summed E-state index contributed by atoms with van der Waals surface area (Å²) in [5, 5.41) is 6.73. The molecule has 0 unspecified atom stereocenters. The van der Waals surface area contributed by atoms with Crippen LogP contribution < -0.4 is 5.32 Å². The van der Waals surface area contributed by atoms with Crippen molar-refractivity contribution in [3.8, 4) is 11.8 Å². The molecule has 0 atom stereocenters. The third-order valence-electron chi connectivity index (χ3n) is 2.47. The summed E-state index contributed by atoms with van der Waals surface area (Å²) >= 11 is 7.54. The Morgan fingerprint density at radius 2 is 2.21 bits per heavy atom. The highest BCUT2D eigenvalue weighted by molar-refractivity contribution is 7.16. The first-order chi connectivity index (χ1) is 9.01. The summed E-state index contributed by atoms with van der Waals surface area (Å²) in [6.45, 7) is 1.98. The number of nitrogens with zero attached hydrogens (tertiary/aromatic N) is 2. The molecule has 1 amide bonds. The third-order valence-corrected chi connectivity index (χ3v) is 3.75. The lowest BCUT2D eigenvalue weighted by Crippen LogP contribution is -2.20. The molecule has 0 saturated carbocycles. The Morgan fingerprint density at radius 1 is 1.47 bits per heavy atom. The standard InChI is InChI=1S/C13H12ClN3OS/c1-8-6-9(12(14)19-8)4-5-10-7-11(13(18)15-2)17(3)16-10/h6-7H,1-3H3,(H,15,18). The highest BCUT2D eigenvalue weighted by Gasteiger charge is 2.10. The van der Waals surface area contributed by atoms with Crippen molar-refractivity contribution in [2.24, 2.45) is 7.05 Å². The third kappa shape index (κ3) is 2.98. The SMILES string of the molecule is CNC(=O)c1cc(C#Cc2cc(C)sc2Cl)nn1C. The summed E-state index contributed by atoms with van der Waals surface area (Å²) in [5.41, 5.74) is 1.80. The molecule has 2 aromatic heterocycles. The molecule has 0 aliphatic carbocycles. The van der Waals surface area contributed by atoms with E-state index in [-0.39, 0.29) is 5.91 Å². The monoisotopic (exact) mass is 293 g/mol. The van der Waals surface area contributed by atoms with Crippen molar-refractivity contribution in [3.63, 3.8) is 0 Å². The molecule has 0 radical (unpaired) electrons. The Kier molecular flexibility index (Phi) is 3.93. The van der Waals surface area contributed by atoms with E-state index in [9.17, 15) is 4.79 Å². The summed E-state index contributed by atoms with van der Waals surface area (Å²) in [7, 11) is 3.28. The number of amides is 1. The summed E-state index contributed by atoms with van der Waals surface area (Å²) < 4.78 is 2.18. The molecule has 0 aromatic carbocycles. The molecule has 0 spiro atoms. The van der Waals surface area contributed by atoms with E-state index in [1.54, 1.807) is 20.2 Å². The molecule has 4 nitrogen and oxygen atoms in total. The number of aryl methyl sites for hydroxylation is 2. The Hall–Kier alpha value is -1.77. The topological polar surface area (TPSA) is 46.9 Å². The minimum Gasteiger partial charge on any atom is -0.354 e. The van der Waals surface area contributed by atoms with E-state index in [0.29, 0.717) is 15.7 Å². The minimum absolute atomic E-state index is 0.188. The fourth-order valence-corrected chi connectivity index (χ4v) is 2.72. The van der Waals surface area contributed by atoms with Gasteiger partial charge < -0.3 is 5.32 Å². The van der Waals surface area contributed by atoms with E-state index in [0.717, 1.165) is 10.4 Å². The van der Waals surface area contributed by atoms with E-state index < -0.39 is 0 Å². The normalized spacial score (nSPS) is 9.89. The van der Waals surface area contributed by atoms with Crippen LogP contribution >= 0.6 is 22.9 Å². The predicted octanol–water partition coefficient (Wildman–Crippen LogP) is 2.20. The molecule has 1 N–H and O–H groups in total. The number of carbonyl (C=O) groups is 1. The average Bonchev–Trinajstić information content (AvgIpc) is 2.88. The molecular weight excluding hydrogens is 282 g/mol.